The van der Waals surface area contributed by atoms with Crippen molar-refractivity contribution >= 4 is 6.09 Å². The quantitative estimate of drug-likeness (QED) is 0.448. The zero-order valence-electron chi connectivity index (χ0n) is 17.9. The number of ether oxygens (including phenoxy) is 2. The first-order valence-electron chi connectivity index (χ1n) is 10.3. The third-order valence-electron chi connectivity index (χ3n) is 4.10. The van der Waals surface area contributed by atoms with Gasteiger partial charge < -0.3 is 25.2 Å². The van der Waals surface area contributed by atoms with E-state index in [1.54, 1.807) is 0 Å². The van der Waals surface area contributed by atoms with E-state index in [4.69, 9.17) is 9.47 Å². The first kappa shape index (κ1) is 24.4. The van der Waals surface area contributed by atoms with E-state index in [9.17, 15) is 9.90 Å². The van der Waals surface area contributed by atoms with Crippen LogP contribution in [0.5, 0.6) is 0 Å². The summed E-state index contributed by atoms with van der Waals surface area (Å²) in [6.07, 6.45) is 2.40. The van der Waals surface area contributed by atoms with Crippen LogP contribution in [0, 0.1) is 0 Å². The Labute approximate surface area is 170 Å². The number of alkyl carbamates (subject to hydrolysis) is 1. The highest BCUT2D eigenvalue weighted by molar-refractivity contribution is 5.68. The lowest BCUT2D eigenvalue weighted by molar-refractivity contribution is 0.0422. The lowest BCUT2D eigenvalue weighted by atomic mass is 10.0. The van der Waals surface area contributed by atoms with Gasteiger partial charge in [-0.3, -0.25) is 0 Å². The largest absolute Gasteiger partial charge is 0.444 e. The smallest absolute Gasteiger partial charge is 0.407 e. The van der Waals surface area contributed by atoms with Gasteiger partial charge in [0.2, 0.25) is 0 Å². The summed E-state index contributed by atoms with van der Waals surface area (Å²) in [6.45, 7) is 10.3. The molecule has 0 bridgehead atoms. The SMILES string of the molecule is CCCCOCCCNC[C@@H](O)[C@H](Cc1ccccc1)NC(=O)OC(C)(C)C. The molecule has 0 unspecified atom stereocenters. The van der Waals surface area contributed by atoms with E-state index < -0.39 is 23.8 Å². The summed E-state index contributed by atoms with van der Waals surface area (Å²) in [5.74, 6) is 0. The topological polar surface area (TPSA) is 79.8 Å². The molecule has 1 aromatic rings. The molecular weight excluding hydrogens is 356 g/mol. The lowest BCUT2D eigenvalue weighted by Crippen LogP contribution is -2.50. The van der Waals surface area contributed by atoms with Crippen molar-refractivity contribution in [2.45, 2.75) is 71.1 Å². The van der Waals surface area contributed by atoms with Crippen molar-refractivity contribution in [3.63, 3.8) is 0 Å². The van der Waals surface area contributed by atoms with Gasteiger partial charge in [0.1, 0.15) is 5.60 Å². The van der Waals surface area contributed by atoms with Crippen LogP contribution in [0.4, 0.5) is 4.79 Å². The Morgan fingerprint density at radius 2 is 1.82 bits per heavy atom. The summed E-state index contributed by atoms with van der Waals surface area (Å²) >= 11 is 0. The third-order valence-corrected chi connectivity index (χ3v) is 4.10. The van der Waals surface area contributed by atoms with Gasteiger partial charge in [0.25, 0.3) is 0 Å². The van der Waals surface area contributed by atoms with Crippen LogP contribution in [0.1, 0.15) is 52.5 Å². The number of unbranched alkanes of at least 4 members (excludes halogenated alkanes) is 1. The zero-order valence-corrected chi connectivity index (χ0v) is 17.9. The van der Waals surface area contributed by atoms with E-state index in [0.717, 1.165) is 38.0 Å². The molecule has 0 fully saturated rings. The molecule has 1 rings (SSSR count). The molecule has 1 amide bonds. The third kappa shape index (κ3) is 12.0. The van der Waals surface area contributed by atoms with Gasteiger partial charge in [0.15, 0.2) is 0 Å². The molecule has 0 aliphatic carbocycles. The van der Waals surface area contributed by atoms with Gasteiger partial charge in [0, 0.05) is 19.8 Å². The molecule has 0 radical (unpaired) electrons. The molecular formula is C22H38N2O4. The normalized spacial score (nSPS) is 13.8. The van der Waals surface area contributed by atoms with E-state index in [1.165, 1.54) is 0 Å². The second-order valence-electron chi connectivity index (χ2n) is 8.03. The average molecular weight is 395 g/mol. The number of carbonyl (C=O) groups is 1. The fourth-order valence-corrected chi connectivity index (χ4v) is 2.65. The van der Waals surface area contributed by atoms with Crippen molar-refractivity contribution in [3.05, 3.63) is 35.9 Å². The van der Waals surface area contributed by atoms with E-state index >= 15 is 0 Å². The van der Waals surface area contributed by atoms with Crippen molar-refractivity contribution in [1.29, 1.82) is 0 Å². The molecule has 6 nitrogen and oxygen atoms in total. The minimum absolute atomic E-state index is 0.391. The van der Waals surface area contributed by atoms with Gasteiger partial charge in [-0.15, -0.1) is 0 Å². The average Bonchev–Trinajstić information content (AvgIpc) is 2.62. The molecule has 6 heteroatoms. The van der Waals surface area contributed by atoms with Crippen LogP contribution in [-0.2, 0) is 15.9 Å². The van der Waals surface area contributed by atoms with Gasteiger partial charge in [-0.05, 0) is 52.1 Å². The Hall–Kier alpha value is -1.63. The fourth-order valence-electron chi connectivity index (χ4n) is 2.65. The van der Waals surface area contributed by atoms with E-state index in [1.807, 2.05) is 51.1 Å². The van der Waals surface area contributed by atoms with E-state index in [-0.39, 0.29) is 0 Å². The monoisotopic (exact) mass is 394 g/mol. The summed E-state index contributed by atoms with van der Waals surface area (Å²) in [4.78, 5) is 12.2. The van der Waals surface area contributed by atoms with E-state index in [0.29, 0.717) is 19.6 Å². The van der Waals surface area contributed by atoms with Crippen LogP contribution in [-0.4, -0.2) is 55.2 Å². The first-order chi connectivity index (χ1) is 13.3. The highest BCUT2D eigenvalue weighted by Crippen LogP contribution is 2.10. The number of hydrogen-bond acceptors (Lipinski definition) is 5. The number of rotatable bonds is 13. The van der Waals surface area contributed by atoms with Gasteiger partial charge in [-0.2, -0.15) is 0 Å². The van der Waals surface area contributed by atoms with Crippen LogP contribution in [0.2, 0.25) is 0 Å². The zero-order chi connectivity index (χ0) is 20.8. The molecule has 160 valence electrons. The fraction of sp³-hybridized carbons (Fsp3) is 0.682. The minimum atomic E-state index is -0.728. The maximum atomic E-state index is 12.2. The minimum Gasteiger partial charge on any atom is -0.444 e. The molecule has 2 atom stereocenters. The number of carbonyl (C=O) groups excluding carboxylic acids is 1. The number of hydrogen-bond donors (Lipinski definition) is 3. The predicted molar refractivity (Wildman–Crippen MR) is 113 cm³/mol. The van der Waals surface area contributed by atoms with Crippen LogP contribution in [0.15, 0.2) is 30.3 Å². The van der Waals surface area contributed by atoms with Gasteiger partial charge in [-0.1, -0.05) is 43.7 Å². The second-order valence-corrected chi connectivity index (χ2v) is 8.03. The molecule has 3 N–H and O–H groups in total. The molecule has 0 saturated carbocycles. The molecule has 0 aliphatic rings. The highest BCUT2D eigenvalue weighted by atomic mass is 16.6. The summed E-state index contributed by atoms with van der Waals surface area (Å²) in [6, 6.07) is 9.37. The number of benzene rings is 1. The Bertz CT molecular complexity index is 531. The molecule has 0 saturated heterocycles. The molecule has 0 aliphatic heterocycles. The standard InChI is InChI=1S/C22H38N2O4/c1-5-6-14-27-15-10-13-23-17-20(25)19(16-18-11-8-7-9-12-18)24-21(26)28-22(2,3)4/h7-9,11-12,19-20,23,25H,5-6,10,13-17H2,1-4H3,(H,24,26)/t19-,20+/m0/s1. The summed E-state index contributed by atoms with van der Waals surface area (Å²) in [5, 5.41) is 16.7. The van der Waals surface area contributed by atoms with Crippen LogP contribution >= 0.6 is 0 Å². The molecule has 0 aromatic heterocycles. The number of amides is 1. The summed E-state index contributed by atoms with van der Waals surface area (Å²) in [7, 11) is 0. The molecule has 28 heavy (non-hydrogen) atoms. The number of aliphatic hydroxyl groups is 1. The van der Waals surface area contributed by atoms with Crippen LogP contribution < -0.4 is 10.6 Å². The number of nitrogens with one attached hydrogen (secondary N) is 2. The highest BCUT2D eigenvalue weighted by Gasteiger charge is 2.24. The van der Waals surface area contributed by atoms with Crippen LogP contribution in [0.3, 0.4) is 0 Å². The molecule has 0 heterocycles. The van der Waals surface area contributed by atoms with Crippen LogP contribution in [0.25, 0.3) is 0 Å². The van der Waals surface area contributed by atoms with Gasteiger partial charge >= 0.3 is 6.09 Å². The van der Waals surface area contributed by atoms with Crippen molar-refractivity contribution < 1.29 is 19.4 Å². The Morgan fingerprint density at radius 3 is 2.46 bits per heavy atom. The Balaban J connectivity index is 2.47. The van der Waals surface area contributed by atoms with Gasteiger partial charge in [0.05, 0.1) is 12.1 Å². The number of aliphatic hydroxyl groups excluding tert-OH is 1. The van der Waals surface area contributed by atoms with E-state index in [2.05, 4.69) is 17.6 Å². The van der Waals surface area contributed by atoms with Crippen molar-refractivity contribution in [1.82, 2.24) is 10.6 Å². The van der Waals surface area contributed by atoms with Crippen molar-refractivity contribution in [2.24, 2.45) is 0 Å². The van der Waals surface area contributed by atoms with Crippen molar-refractivity contribution in [3.8, 4) is 0 Å². The first-order valence-corrected chi connectivity index (χ1v) is 10.3. The van der Waals surface area contributed by atoms with Crippen molar-refractivity contribution in [2.75, 3.05) is 26.3 Å². The predicted octanol–water partition coefficient (Wildman–Crippen LogP) is 3.28. The molecule has 0 spiro atoms. The maximum Gasteiger partial charge on any atom is 0.407 e. The van der Waals surface area contributed by atoms with Gasteiger partial charge in [-0.25, -0.2) is 4.79 Å². The lowest BCUT2D eigenvalue weighted by Gasteiger charge is -2.27. The Kier molecular flexibility index (Phi) is 11.8. The summed E-state index contributed by atoms with van der Waals surface area (Å²) < 4.78 is 10.9. The molecule has 1 aromatic carbocycles. The second kappa shape index (κ2) is 13.5. The maximum absolute atomic E-state index is 12.2. The Morgan fingerprint density at radius 1 is 1.14 bits per heavy atom. The summed E-state index contributed by atoms with van der Waals surface area (Å²) in [5.41, 5.74) is 0.467.